The number of carbonyl (C=O) groups is 1. The second kappa shape index (κ2) is 14.3. The molecule has 2 aromatic rings. The predicted octanol–water partition coefficient (Wildman–Crippen LogP) is 6.36. The molecule has 0 radical (unpaired) electrons. The van der Waals surface area contributed by atoms with Crippen molar-refractivity contribution in [2.24, 2.45) is 0 Å². The van der Waals surface area contributed by atoms with Gasteiger partial charge in [-0.3, -0.25) is 5.21 Å². The third-order valence-corrected chi connectivity index (χ3v) is 6.76. The number of nitrogens with zero attached hydrogens (tertiary/aromatic N) is 1. The van der Waals surface area contributed by atoms with Gasteiger partial charge in [0, 0.05) is 11.8 Å². The molecule has 1 heterocycles. The molecule has 2 unspecified atom stereocenters. The molecule has 1 fully saturated rings. The third-order valence-electron chi connectivity index (χ3n) is 6.76. The molecule has 10 heteroatoms. The SMILES string of the molecule is CCCOc1c(C/C=C/NC(=O)N(O)C(C)(C)C)cc(C2CCC(c3cc(OC)c(OC)c(OC)c3)O2)cc1OC. The van der Waals surface area contributed by atoms with E-state index in [0.717, 1.165) is 36.0 Å². The van der Waals surface area contributed by atoms with Crippen LogP contribution >= 0.6 is 0 Å². The quantitative estimate of drug-likeness (QED) is 0.224. The van der Waals surface area contributed by atoms with Crippen LogP contribution in [-0.2, 0) is 11.2 Å². The zero-order valence-electron chi connectivity index (χ0n) is 25.4. The first-order valence-electron chi connectivity index (χ1n) is 13.8. The number of methoxy groups -OCH3 is 4. The first kappa shape index (κ1) is 31.9. The van der Waals surface area contributed by atoms with Crippen LogP contribution in [0.4, 0.5) is 4.79 Å². The normalized spacial score (nSPS) is 16.9. The average Bonchev–Trinajstić information content (AvgIpc) is 3.46. The maximum absolute atomic E-state index is 12.2. The number of amides is 2. The average molecular weight is 573 g/mol. The summed E-state index contributed by atoms with van der Waals surface area (Å²) in [6.07, 6.45) is 5.94. The van der Waals surface area contributed by atoms with Crippen molar-refractivity contribution in [3.8, 4) is 28.7 Å². The Hall–Kier alpha value is -3.63. The predicted molar refractivity (Wildman–Crippen MR) is 155 cm³/mol. The largest absolute Gasteiger partial charge is 0.493 e. The van der Waals surface area contributed by atoms with Crippen molar-refractivity contribution >= 4 is 6.03 Å². The van der Waals surface area contributed by atoms with Crippen LogP contribution in [0, 0.1) is 0 Å². The van der Waals surface area contributed by atoms with Crippen LogP contribution in [0.2, 0.25) is 0 Å². The van der Waals surface area contributed by atoms with Crippen molar-refractivity contribution in [1.29, 1.82) is 0 Å². The summed E-state index contributed by atoms with van der Waals surface area (Å²) in [5.74, 6) is 2.99. The number of nitrogens with one attached hydrogen (secondary N) is 1. The van der Waals surface area contributed by atoms with Gasteiger partial charge in [-0.1, -0.05) is 13.0 Å². The lowest BCUT2D eigenvalue weighted by Gasteiger charge is -2.28. The molecule has 0 saturated carbocycles. The Kier molecular flexibility index (Phi) is 11.1. The molecule has 2 N–H and O–H groups in total. The Morgan fingerprint density at radius 1 is 0.951 bits per heavy atom. The number of carbonyl (C=O) groups excluding carboxylic acids is 1. The van der Waals surface area contributed by atoms with Gasteiger partial charge in [0.25, 0.3) is 0 Å². The lowest BCUT2D eigenvalue weighted by atomic mass is 9.99. The Bertz CT molecular complexity index is 1180. The van der Waals surface area contributed by atoms with Crippen LogP contribution in [0.15, 0.2) is 36.5 Å². The van der Waals surface area contributed by atoms with E-state index < -0.39 is 11.6 Å². The summed E-state index contributed by atoms with van der Waals surface area (Å²) in [5.41, 5.74) is 2.10. The molecule has 2 atom stereocenters. The number of hydrogen-bond acceptors (Lipinski definition) is 8. The van der Waals surface area contributed by atoms with E-state index >= 15 is 0 Å². The Labute approximate surface area is 243 Å². The number of benzene rings is 2. The fraction of sp³-hybridized carbons (Fsp3) is 0.516. The van der Waals surface area contributed by atoms with E-state index in [2.05, 4.69) is 11.4 Å². The molecule has 3 rings (SSSR count). The highest BCUT2D eigenvalue weighted by Crippen LogP contribution is 2.47. The summed E-state index contributed by atoms with van der Waals surface area (Å²) in [4.78, 5) is 12.2. The van der Waals surface area contributed by atoms with Crippen molar-refractivity contribution in [1.82, 2.24) is 10.4 Å². The minimum absolute atomic E-state index is 0.154. The molecule has 226 valence electrons. The van der Waals surface area contributed by atoms with E-state index in [1.807, 2.05) is 25.1 Å². The maximum Gasteiger partial charge on any atom is 0.345 e. The lowest BCUT2D eigenvalue weighted by Crippen LogP contribution is -2.46. The standard InChI is InChI=1S/C31H44N2O8/c1-9-15-40-28-20(11-10-14-32-30(34)33(35)31(2,3)4)16-21(17-25(28)36-5)23-12-13-24(41-23)22-18-26(37-6)29(39-8)27(19-22)38-7/h10,14,16-19,23-24,35H,9,11-13,15H2,1-8H3,(H,32,34)/b14-10+. The first-order chi connectivity index (χ1) is 19.6. The molecular weight excluding hydrogens is 528 g/mol. The molecule has 41 heavy (non-hydrogen) atoms. The molecule has 2 aromatic carbocycles. The fourth-order valence-electron chi connectivity index (χ4n) is 4.64. The van der Waals surface area contributed by atoms with Gasteiger partial charge in [-0.2, -0.15) is 0 Å². The minimum Gasteiger partial charge on any atom is -0.493 e. The summed E-state index contributed by atoms with van der Waals surface area (Å²) >= 11 is 0. The Morgan fingerprint density at radius 2 is 1.49 bits per heavy atom. The molecular formula is C31H44N2O8. The molecule has 1 aliphatic heterocycles. The first-order valence-corrected chi connectivity index (χ1v) is 13.8. The smallest absolute Gasteiger partial charge is 0.345 e. The van der Waals surface area contributed by atoms with Gasteiger partial charge in [0.1, 0.15) is 0 Å². The van der Waals surface area contributed by atoms with E-state index in [1.54, 1.807) is 55.3 Å². The third kappa shape index (κ3) is 7.77. The van der Waals surface area contributed by atoms with Crippen LogP contribution in [0.25, 0.3) is 0 Å². The van der Waals surface area contributed by atoms with Crippen LogP contribution in [0.5, 0.6) is 28.7 Å². The number of allylic oxidation sites excluding steroid dienone is 1. The Balaban J connectivity index is 1.85. The van der Waals surface area contributed by atoms with Gasteiger partial charge in [-0.25, -0.2) is 9.86 Å². The van der Waals surface area contributed by atoms with E-state index in [4.69, 9.17) is 28.4 Å². The minimum atomic E-state index is -0.720. The van der Waals surface area contributed by atoms with Crippen molar-refractivity contribution in [2.45, 2.75) is 71.1 Å². The highest BCUT2D eigenvalue weighted by atomic mass is 16.5. The van der Waals surface area contributed by atoms with Crippen LogP contribution < -0.4 is 29.0 Å². The molecule has 0 aromatic heterocycles. The van der Waals surface area contributed by atoms with Gasteiger partial charge >= 0.3 is 6.03 Å². The summed E-state index contributed by atoms with van der Waals surface area (Å²) in [6, 6.07) is 7.27. The van der Waals surface area contributed by atoms with Crippen molar-refractivity contribution in [2.75, 3.05) is 35.0 Å². The summed E-state index contributed by atoms with van der Waals surface area (Å²) < 4.78 is 34.9. The van der Waals surface area contributed by atoms with E-state index in [0.29, 0.717) is 46.8 Å². The van der Waals surface area contributed by atoms with Gasteiger partial charge in [-0.05, 0) is 81.8 Å². The lowest BCUT2D eigenvalue weighted by molar-refractivity contribution is -0.106. The number of rotatable bonds is 12. The second-order valence-electron chi connectivity index (χ2n) is 10.7. The van der Waals surface area contributed by atoms with Gasteiger partial charge in [0.05, 0.1) is 52.8 Å². The number of hydroxylamine groups is 2. The van der Waals surface area contributed by atoms with Crippen molar-refractivity contribution < 1.29 is 38.4 Å². The van der Waals surface area contributed by atoms with E-state index in [-0.39, 0.29) is 12.2 Å². The summed E-state index contributed by atoms with van der Waals surface area (Å²) in [7, 11) is 6.39. The zero-order valence-corrected chi connectivity index (χ0v) is 25.4. The Morgan fingerprint density at radius 3 is 1.98 bits per heavy atom. The van der Waals surface area contributed by atoms with Crippen LogP contribution in [-0.4, -0.2) is 56.9 Å². The number of hydrogen-bond donors (Lipinski definition) is 2. The topological polar surface area (TPSA) is 108 Å². The van der Waals surface area contributed by atoms with Gasteiger partial charge in [-0.15, -0.1) is 0 Å². The molecule has 1 aliphatic rings. The number of urea groups is 1. The van der Waals surface area contributed by atoms with Crippen LogP contribution in [0.1, 0.15) is 75.9 Å². The monoisotopic (exact) mass is 572 g/mol. The highest BCUT2D eigenvalue weighted by molar-refractivity contribution is 5.74. The van der Waals surface area contributed by atoms with Gasteiger partial charge in [0.15, 0.2) is 23.0 Å². The molecule has 0 bridgehead atoms. The maximum atomic E-state index is 12.2. The molecule has 1 saturated heterocycles. The highest BCUT2D eigenvalue weighted by Gasteiger charge is 2.31. The second-order valence-corrected chi connectivity index (χ2v) is 10.7. The molecule has 0 aliphatic carbocycles. The van der Waals surface area contributed by atoms with Crippen LogP contribution in [0.3, 0.4) is 0 Å². The zero-order chi connectivity index (χ0) is 30.2. The molecule has 2 amide bonds. The summed E-state index contributed by atoms with van der Waals surface area (Å²) in [5, 5.41) is 13.3. The van der Waals surface area contributed by atoms with E-state index in [1.165, 1.54) is 6.20 Å². The van der Waals surface area contributed by atoms with Gasteiger partial charge in [0.2, 0.25) is 5.75 Å². The van der Waals surface area contributed by atoms with Crippen molar-refractivity contribution in [3.05, 3.63) is 53.2 Å². The fourth-order valence-corrected chi connectivity index (χ4v) is 4.64. The van der Waals surface area contributed by atoms with Gasteiger partial charge < -0.3 is 33.7 Å². The van der Waals surface area contributed by atoms with Crippen molar-refractivity contribution in [3.63, 3.8) is 0 Å². The molecule has 0 spiro atoms. The van der Waals surface area contributed by atoms with E-state index in [9.17, 15) is 10.0 Å². The summed E-state index contributed by atoms with van der Waals surface area (Å²) in [6.45, 7) is 7.80. The number of ether oxygens (including phenoxy) is 6. The molecule has 10 nitrogen and oxygen atoms in total.